The summed E-state index contributed by atoms with van der Waals surface area (Å²) in [5.41, 5.74) is 6.21. The van der Waals surface area contributed by atoms with Crippen molar-refractivity contribution in [3.05, 3.63) is 114 Å². The molecule has 2 saturated heterocycles. The smallest absolute Gasteiger partial charge is 0.341 e. The molecule has 1 spiro atoms. The third kappa shape index (κ3) is 8.28. The third-order valence-electron chi connectivity index (χ3n) is 11.1. The van der Waals surface area contributed by atoms with E-state index in [1.54, 1.807) is 16.4 Å². The SMILES string of the molecule is C=C(C)[C@@H]1CC2(CCN(S(=O)(=O)c3ccc(-c4ccccc4)cc3)CC2)[C@@H](CC(C)C)O[C@H]1c1c(C)cc(-c2ccccc2OCC)cc1OCC(=O)O. The summed E-state index contributed by atoms with van der Waals surface area (Å²) < 4.78 is 48.8. The van der Waals surface area contributed by atoms with Crippen LogP contribution >= 0.6 is 0 Å². The molecule has 0 saturated carbocycles. The van der Waals surface area contributed by atoms with Crippen LogP contribution in [0.1, 0.15) is 70.6 Å². The molecular formula is C45H53NO7S. The van der Waals surface area contributed by atoms with E-state index in [0.29, 0.717) is 49.1 Å². The Morgan fingerprint density at radius 2 is 1.57 bits per heavy atom. The van der Waals surface area contributed by atoms with Crippen molar-refractivity contribution in [2.75, 3.05) is 26.3 Å². The van der Waals surface area contributed by atoms with Gasteiger partial charge in [-0.25, -0.2) is 13.2 Å². The Bertz CT molecular complexity index is 2050. The summed E-state index contributed by atoms with van der Waals surface area (Å²) >= 11 is 0. The van der Waals surface area contributed by atoms with E-state index in [2.05, 4.69) is 26.5 Å². The quantitative estimate of drug-likeness (QED) is 0.136. The molecule has 286 valence electrons. The van der Waals surface area contributed by atoms with Crippen molar-refractivity contribution in [1.82, 2.24) is 4.31 Å². The van der Waals surface area contributed by atoms with Gasteiger partial charge in [0, 0.05) is 30.1 Å². The Morgan fingerprint density at radius 1 is 0.926 bits per heavy atom. The lowest BCUT2D eigenvalue weighted by molar-refractivity contribution is -0.173. The standard InChI is InChI=1S/C45H53NO7S/c1-7-51-39-16-12-11-15-37(39)35-26-32(6)43(40(27-35)52-29-42(47)48)44-38(31(4)5)28-45(41(53-44)25-30(2)3)21-23-46(24-22-45)54(49,50)36-19-17-34(18-20-36)33-13-9-8-10-14-33/h8-20,26-27,30,38,41,44H,4,7,21-25,28-29H2,1-3,5-6H3,(H,47,48)/t38-,41+,44+/m0/s1. The first kappa shape index (κ1) is 39.3. The van der Waals surface area contributed by atoms with Crippen LogP contribution in [0.15, 0.2) is 108 Å². The van der Waals surface area contributed by atoms with Crippen LogP contribution in [0.25, 0.3) is 22.3 Å². The highest BCUT2D eigenvalue weighted by atomic mass is 32.2. The molecule has 0 aromatic heterocycles. The summed E-state index contributed by atoms with van der Waals surface area (Å²) in [6.07, 6.45) is 2.32. The first-order chi connectivity index (χ1) is 25.8. The van der Waals surface area contributed by atoms with Crippen LogP contribution < -0.4 is 9.47 Å². The number of carboxylic acids is 1. The van der Waals surface area contributed by atoms with Crippen LogP contribution in [0.5, 0.6) is 11.5 Å². The van der Waals surface area contributed by atoms with Gasteiger partial charge in [-0.15, -0.1) is 0 Å². The predicted molar refractivity (Wildman–Crippen MR) is 213 cm³/mol. The molecule has 4 aromatic carbocycles. The molecule has 0 amide bonds. The highest BCUT2D eigenvalue weighted by molar-refractivity contribution is 7.89. The first-order valence-electron chi connectivity index (χ1n) is 19.0. The fourth-order valence-corrected chi connectivity index (χ4v) is 9.80. The molecule has 2 fully saturated rings. The first-order valence-corrected chi connectivity index (χ1v) is 20.4. The molecule has 2 aliphatic heterocycles. The average molecular weight is 752 g/mol. The lowest BCUT2D eigenvalue weighted by Crippen LogP contribution is -2.53. The summed E-state index contributed by atoms with van der Waals surface area (Å²) in [6, 6.07) is 28.9. The van der Waals surface area contributed by atoms with Crippen molar-refractivity contribution in [1.29, 1.82) is 0 Å². The van der Waals surface area contributed by atoms with Gasteiger partial charge in [0.15, 0.2) is 6.61 Å². The van der Waals surface area contributed by atoms with Crippen LogP contribution in [0.3, 0.4) is 0 Å². The summed E-state index contributed by atoms with van der Waals surface area (Å²) in [5, 5.41) is 9.67. The van der Waals surface area contributed by atoms with E-state index in [4.69, 9.17) is 14.2 Å². The molecule has 0 aliphatic carbocycles. The van der Waals surface area contributed by atoms with Gasteiger partial charge in [0.2, 0.25) is 10.0 Å². The number of aliphatic carboxylic acids is 1. The third-order valence-corrected chi connectivity index (χ3v) is 13.0. The van der Waals surface area contributed by atoms with Gasteiger partial charge in [0.05, 0.1) is 23.7 Å². The Morgan fingerprint density at radius 3 is 2.20 bits per heavy atom. The van der Waals surface area contributed by atoms with Gasteiger partial charge in [-0.05, 0) is 104 Å². The number of sulfonamides is 1. The lowest BCUT2D eigenvalue weighted by Gasteiger charge is -2.54. The number of ether oxygens (including phenoxy) is 3. The molecular weight excluding hydrogens is 699 g/mol. The van der Waals surface area contributed by atoms with Crippen molar-refractivity contribution in [2.45, 2.75) is 77.4 Å². The molecule has 2 heterocycles. The summed E-state index contributed by atoms with van der Waals surface area (Å²) in [6.45, 7) is 15.6. The second-order valence-corrected chi connectivity index (χ2v) is 17.2. The van der Waals surface area contributed by atoms with Crippen molar-refractivity contribution in [2.24, 2.45) is 17.3 Å². The van der Waals surface area contributed by atoms with Crippen molar-refractivity contribution in [3.8, 4) is 33.8 Å². The van der Waals surface area contributed by atoms with Gasteiger partial charge in [0.25, 0.3) is 0 Å². The summed E-state index contributed by atoms with van der Waals surface area (Å²) in [7, 11) is -3.70. The van der Waals surface area contributed by atoms with Crippen LogP contribution in [0.2, 0.25) is 0 Å². The monoisotopic (exact) mass is 751 g/mol. The average Bonchev–Trinajstić information content (AvgIpc) is 3.15. The number of hydrogen-bond acceptors (Lipinski definition) is 6. The second-order valence-electron chi connectivity index (χ2n) is 15.3. The zero-order chi connectivity index (χ0) is 38.6. The molecule has 0 unspecified atom stereocenters. The van der Waals surface area contributed by atoms with E-state index in [1.165, 1.54) is 0 Å². The maximum atomic E-state index is 14.0. The Labute approximate surface area is 320 Å². The van der Waals surface area contributed by atoms with Crippen LogP contribution in [-0.4, -0.2) is 56.2 Å². The van der Waals surface area contributed by atoms with Crippen molar-refractivity contribution in [3.63, 3.8) is 0 Å². The van der Waals surface area contributed by atoms with E-state index in [-0.39, 0.29) is 17.4 Å². The molecule has 1 N–H and O–H groups in total. The van der Waals surface area contributed by atoms with Gasteiger partial charge >= 0.3 is 5.97 Å². The van der Waals surface area contributed by atoms with Crippen molar-refractivity contribution >= 4 is 16.0 Å². The Hall–Kier alpha value is -4.44. The number of para-hydroxylation sites is 1. The fourth-order valence-electron chi connectivity index (χ4n) is 8.36. The number of carboxylic acid groups (broad SMARTS) is 1. The van der Waals surface area contributed by atoms with E-state index in [0.717, 1.165) is 57.5 Å². The molecule has 3 atom stereocenters. The normalized spacial score (nSPS) is 20.1. The lowest BCUT2D eigenvalue weighted by atomic mass is 9.62. The number of carbonyl (C=O) groups is 1. The Kier molecular flexibility index (Phi) is 12.0. The zero-order valence-electron chi connectivity index (χ0n) is 32.1. The van der Waals surface area contributed by atoms with E-state index in [9.17, 15) is 18.3 Å². The van der Waals surface area contributed by atoms with Gasteiger partial charge in [0.1, 0.15) is 11.5 Å². The minimum absolute atomic E-state index is 0.102. The number of piperidine rings is 1. The van der Waals surface area contributed by atoms with Gasteiger partial charge in [-0.3, -0.25) is 0 Å². The zero-order valence-corrected chi connectivity index (χ0v) is 32.9. The number of hydrogen-bond donors (Lipinski definition) is 1. The largest absolute Gasteiger partial charge is 0.493 e. The molecule has 2 aliphatic rings. The predicted octanol–water partition coefficient (Wildman–Crippen LogP) is 9.73. The molecule has 0 radical (unpaired) electrons. The summed E-state index contributed by atoms with van der Waals surface area (Å²) in [5.74, 6) is 0.370. The van der Waals surface area contributed by atoms with Crippen LogP contribution in [0.4, 0.5) is 0 Å². The summed E-state index contributed by atoms with van der Waals surface area (Å²) in [4.78, 5) is 12.1. The molecule has 54 heavy (non-hydrogen) atoms. The van der Waals surface area contributed by atoms with E-state index in [1.807, 2.05) is 93.6 Å². The van der Waals surface area contributed by atoms with Crippen LogP contribution in [-0.2, 0) is 19.6 Å². The van der Waals surface area contributed by atoms with E-state index < -0.39 is 28.7 Å². The highest BCUT2D eigenvalue weighted by Crippen LogP contribution is 2.56. The molecule has 4 aromatic rings. The topological polar surface area (TPSA) is 102 Å². The van der Waals surface area contributed by atoms with Gasteiger partial charge < -0.3 is 19.3 Å². The second kappa shape index (κ2) is 16.5. The fraction of sp³-hybridized carbons (Fsp3) is 0.400. The minimum Gasteiger partial charge on any atom is -0.493 e. The van der Waals surface area contributed by atoms with Crippen molar-refractivity contribution < 1.29 is 32.5 Å². The number of rotatable bonds is 13. The molecule has 8 nitrogen and oxygen atoms in total. The number of nitrogens with zero attached hydrogens (tertiary/aromatic N) is 1. The maximum absolute atomic E-state index is 14.0. The number of benzene rings is 4. The van der Waals surface area contributed by atoms with Gasteiger partial charge in [-0.2, -0.15) is 4.31 Å². The molecule has 9 heteroatoms. The molecule has 0 bridgehead atoms. The minimum atomic E-state index is -3.70. The maximum Gasteiger partial charge on any atom is 0.341 e. The molecule has 6 rings (SSSR count). The van der Waals surface area contributed by atoms with Crippen LogP contribution in [0, 0.1) is 24.2 Å². The number of aryl methyl sites for hydroxylation is 1. The Balaban J connectivity index is 1.30. The van der Waals surface area contributed by atoms with E-state index >= 15 is 0 Å². The highest BCUT2D eigenvalue weighted by Gasteiger charge is 2.52. The van der Waals surface area contributed by atoms with Gasteiger partial charge in [-0.1, -0.05) is 92.7 Å².